The molecule has 0 aliphatic carbocycles. The average molecular weight is 534 g/mol. The van der Waals surface area contributed by atoms with Crippen LogP contribution in [0, 0.1) is 5.82 Å². The Morgan fingerprint density at radius 1 is 0.923 bits per heavy atom. The molecule has 0 bridgehead atoms. The van der Waals surface area contributed by atoms with Gasteiger partial charge in [-0.15, -0.1) is 0 Å². The first kappa shape index (κ1) is 28.0. The summed E-state index contributed by atoms with van der Waals surface area (Å²) in [6.07, 6.45) is 0.983. The highest BCUT2D eigenvalue weighted by molar-refractivity contribution is 5.74. The van der Waals surface area contributed by atoms with Crippen molar-refractivity contribution in [2.75, 3.05) is 13.1 Å². The topological polar surface area (TPSA) is 71.1 Å². The van der Waals surface area contributed by atoms with Crippen molar-refractivity contribution in [3.63, 3.8) is 0 Å². The van der Waals surface area contributed by atoms with Crippen LogP contribution in [-0.2, 0) is 24.4 Å². The Morgan fingerprint density at radius 3 is 2.21 bits per heavy atom. The maximum atomic E-state index is 13.5. The van der Waals surface area contributed by atoms with Crippen molar-refractivity contribution >= 4 is 12.1 Å². The van der Waals surface area contributed by atoms with Crippen molar-refractivity contribution in [3.05, 3.63) is 101 Å². The predicted molar refractivity (Wildman–Crippen MR) is 148 cm³/mol. The average Bonchev–Trinajstić information content (AvgIpc) is 2.95. The number of rotatable bonds is 9. The molecule has 1 saturated heterocycles. The number of piperidine rings is 1. The molecule has 1 N–H and O–H groups in total. The second-order valence-electron chi connectivity index (χ2n) is 9.98. The van der Waals surface area contributed by atoms with Crippen LogP contribution in [0.1, 0.15) is 43.4 Å². The fraction of sp³-hybridized carbons (Fsp3) is 0.355. The van der Waals surface area contributed by atoms with Gasteiger partial charge in [0.15, 0.2) is 0 Å². The van der Waals surface area contributed by atoms with Gasteiger partial charge in [0.2, 0.25) is 0 Å². The monoisotopic (exact) mass is 533 g/mol. The van der Waals surface area contributed by atoms with Gasteiger partial charge in [0.25, 0.3) is 0 Å². The molecule has 39 heavy (non-hydrogen) atoms. The third-order valence-corrected chi connectivity index (χ3v) is 6.63. The van der Waals surface area contributed by atoms with Crippen molar-refractivity contribution in [3.8, 4) is 5.75 Å². The molecule has 0 atom stereocenters. The van der Waals surface area contributed by atoms with Gasteiger partial charge in [0.1, 0.15) is 18.2 Å². The zero-order valence-electron chi connectivity index (χ0n) is 22.5. The van der Waals surface area contributed by atoms with Gasteiger partial charge < -0.3 is 24.6 Å². The van der Waals surface area contributed by atoms with E-state index < -0.39 is 0 Å². The van der Waals surface area contributed by atoms with Crippen LogP contribution in [0.3, 0.4) is 0 Å². The van der Waals surface area contributed by atoms with E-state index in [1.54, 1.807) is 21.9 Å². The molecule has 8 heteroatoms. The molecule has 7 nitrogen and oxygen atoms in total. The minimum Gasteiger partial charge on any atom is -0.491 e. The molecule has 3 aromatic rings. The van der Waals surface area contributed by atoms with Crippen LogP contribution in [0.5, 0.6) is 5.75 Å². The molecule has 0 aromatic heterocycles. The standard InChI is InChI=1S/C31H36FN3O4/c1-23(2)39-29-14-10-24(11-15-29)20-33-30(36)35(21-25-8-12-27(32)13-9-25)28-16-18-34(19-17-28)31(37)38-22-26-6-4-3-5-7-26/h3-15,23,28H,16-22H2,1-2H3,(H,33,36). The van der Waals surface area contributed by atoms with Gasteiger partial charge in [-0.25, -0.2) is 14.0 Å². The van der Waals surface area contributed by atoms with Gasteiger partial charge >= 0.3 is 12.1 Å². The predicted octanol–water partition coefficient (Wildman–Crippen LogP) is 6.13. The SMILES string of the molecule is CC(C)Oc1ccc(CNC(=O)N(Cc2ccc(F)cc2)C2CCN(C(=O)OCc3ccccc3)CC2)cc1. The molecule has 4 rings (SSSR count). The van der Waals surface area contributed by atoms with Crippen molar-refractivity contribution in [1.29, 1.82) is 0 Å². The Balaban J connectivity index is 1.35. The fourth-order valence-corrected chi connectivity index (χ4v) is 4.56. The van der Waals surface area contributed by atoms with Crippen molar-refractivity contribution < 1.29 is 23.5 Å². The molecular formula is C31H36FN3O4. The molecule has 0 radical (unpaired) electrons. The fourth-order valence-electron chi connectivity index (χ4n) is 4.56. The number of benzene rings is 3. The molecule has 0 saturated carbocycles. The van der Waals surface area contributed by atoms with E-state index in [2.05, 4.69) is 5.32 Å². The van der Waals surface area contributed by atoms with Crippen LogP contribution >= 0.6 is 0 Å². The van der Waals surface area contributed by atoms with Crippen LogP contribution in [0.15, 0.2) is 78.9 Å². The molecule has 1 heterocycles. The van der Waals surface area contributed by atoms with Gasteiger partial charge in [-0.2, -0.15) is 0 Å². The number of ether oxygens (including phenoxy) is 2. The summed E-state index contributed by atoms with van der Waals surface area (Å²) in [4.78, 5) is 29.5. The minimum absolute atomic E-state index is 0.0740. The second kappa shape index (κ2) is 13.6. The van der Waals surface area contributed by atoms with E-state index in [0.717, 1.165) is 22.4 Å². The Morgan fingerprint density at radius 2 is 1.56 bits per heavy atom. The Bertz CT molecular complexity index is 1190. The molecular weight excluding hydrogens is 497 g/mol. The van der Waals surface area contributed by atoms with Crippen LogP contribution in [-0.4, -0.2) is 47.2 Å². The number of urea groups is 1. The van der Waals surface area contributed by atoms with Gasteiger partial charge in [-0.05, 0) is 67.6 Å². The first-order valence-electron chi connectivity index (χ1n) is 13.4. The number of likely N-dealkylation sites (tertiary alicyclic amines) is 1. The smallest absolute Gasteiger partial charge is 0.410 e. The lowest BCUT2D eigenvalue weighted by Gasteiger charge is -2.38. The lowest BCUT2D eigenvalue weighted by molar-refractivity contribution is 0.0726. The quantitative estimate of drug-likeness (QED) is 0.359. The van der Waals surface area contributed by atoms with Crippen LogP contribution < -0.4 is 10.1 Å². The zero-order chi connectivity index (χ0) is 27.6. The molecule has 206 valence electrons. The number of amides is 3. The summed E-state index contributed by atoms with van der Waals surface area (Å²) in [5.74, 6) is 0.467. The van der Waals surface area contributed by atoms with E-state index in [1.165, 1.54) is 12.1 Å². The lowest BCUT2D eigenvalue weighted by atomic mass is 10.0. The van der Waals surface area contributed by atoms with E-state index in [0.29, 0.717) is 39.0 Å². The minimum atomic E-state index is -0.350. The highest BCUT2D eigenvalue weighted by Crippen LogP contribution is 2.21. The third-order valence-electron chi connectivity index (χ3n) is 6.63. The molecule has 1 aliphatic heterocycles. The number of carbonyl (C=O) groups excluding carboxylic acids is 2. The molecule has 1 aliphatic rings. The zero-order valence-corrected chi connectivity index (χ0v) is 22.5. The molecule has 3 aromatic carbocycles. The van der Waals surface area contributed by atoms with Crippen molar-refractivity contribution in [2.24, 2.45) is 0 Å². The number of nitrogens with one attached hydrogen (secondary N) is 1. The number of hydrogen-bond acceptors (Lipinski definition) is 4. The summed E-state index contributed by atoms with van der Waals surface area (Å²) in [7, 11) is 0. The Kier molecular flexibility index (Phi) is 9.78. The van der Waals surface area contributed by atoms with Gasteiger partial charge in [0.05, 0.1) is 6.10 Å². The van der Waals surface area contributed by atoms with Crippen LogP contribution in [0.25, 0.3) is 0 Å². The summed E-state index contributed by atoms with van der Waals surface area (Å²) in [6.45, 7) is 5.86. The van der Waals surface area contributed by atoms with Gasteiger partial charge in [-0.1, -0.05) is 54.6 Å². The summed E-state index contributed by atoms with van der Waals surface area (Å²) in [5, 5.41) is 3.03. The Labute approximate surface area is 229 Å². The number of halogens is 1. The highest BCUT2D eigenvalue weighted by Gasteiger charge is 2.30. The molecule has 1 fully saturated rings. The van der Waals surface area contributed by atoms with Gasteiger partial charge in [-0.3, -0.25) is 0 Å². The first-order chi connectivity index (χ1) is 18.9. The molecule has 0 unspecified atom stereocenters. The van der Waals surface area contributed by atoms with Gasteiger partial charge in [0, 0.05) is 32.2 Å². The largest absolute Gasteiger partial charge is 0.491 e. The van der Waals surface area contributed by atoms with Crippen molar-refractivity contribution in [2.45, 2.75) is 58.5 Å². The molecule has 3 amide bonds. The third kappa shape index (κ3) is 8.46. The van der Waals surface area contributed by atoms with E-state index in [9.17, 15) is 14.0 Å². The Hall–Kier alpha value is -4.07. The maximum absolute atomic E-state index is 13.5. The van der Waals surface area contributed by atoms with Crippen LogP contribution in [0.2, 0.25) is 0 Å². The number of hydrogen-bond donors (Lipinski definition) is 1. The maximum Gasteiger partial charge on any atom is 0.410 e. The summed E-state index contributed by atoms with van der Waals surface area (Å²) >= 11 is 0. The van der Waals surface area contributed by atoms with Crippen molar-refractivity contribution in [1.82, 2.24) is 15.1 Å². The second-order valence-corrected chi connectivity index (χ2v) is 9.98. The van der Waals surface area contributed by atoms with E-state index in [1.807, 2.05) is 68.4 Å². The normalized spacial score (nSPS) is 13.7. The summed E-state index contributed by atoms with van der Waals surface area (Å²) in [5.41, 5.74) is 2.73. The van der Waals surface area contributed by atoms with E-state index in [4.69, 9.17) is 9.47 Å². The van der Waals surface area contributed by atoms with Crippen LogP contribution in [0.4, 0.5) is 14.0 Å². The highest BCUT2D eigenvalue weighted by atomic mass is 19.1. The van der Waals surface area contributed by atoms with E-state index >= 15 is 0 Å². The lowest BCUT2D eigenvalue weighted by Crippen LogP contribution is -2.51. The van der Waals surface area contributed by atoms with E-state index in [-0.39, 0.29) is 36.7 Å². The number of carbonyl (C=O) groups is 2. The number of nitrogens with zero attached hydrogens (tertiary/aromatic N) is 2. The summed E-state index contributed by atoms with van der Waals surface area (Å²) in [6, 6.07) is 23.1. The summed E-state index contributed by atoms with van der Waals surface area (Å²) < 4.78 is 24.7. The first-order valence-corrected chi connectivity index (χ1v) is 13.4. The molecule has 0 spiro atoms.